The van der Waals surface area contributed by atoms with Gasteiger partial charge in [0.15, 0.2) is 0 Å². The smallest absolute Gasteiger partial charge is 0.325 e. The average Bonchev–Trinajstić information content (AvgIpc) is 2.38. The topological polar surface area (TPSA) is 133 Å². The van der Waals surface area contributed by atoms with Crippen LogP contribution in [0.2, 0.25) is 0 Å². The SMILES string of the molecule is CC(C)(C)OC(=O)CNC(=O)C1=C(O)CC(C)(C)N(CC(=O)O)C1=O. The molecule has 9 heteroatoms. The maximum atomic E-state index is 12.5. The van der Waals surface area contributed by atoms with Gasteiger partial charge >= 0.3 is 11.9 Å². The molecule has 1 rings (SSSR count). The molecule has 0 fully saturated rings. The minimum atomic E-state index is -1.24. The third-order valence-electron chi connectivity index (χ3n) is 3.41. The number of hydrogen-bond donors (Lipinski definition) is 3. The summed E-state index contributed by atoms with van der Waals surface area (Å²) < 4.78 is 5.03. The van der Waals surface area contributed by atoms with E-state index < -0.39 is 59.3 Å². The van der Waals surface area contributed by atoms with Crippen molar-refractivity contribution in [2.24, 2.45) is 0 Å². The zero-order valence-corrected chi connectivity index (χ0v) is 15.0. The summed E-state index contributed by atoms with van der Waals surface area (Å²) in [7, 11) is 0. The second-order valence-corrected chi connectivity index (χ2v) is 7.37. The first-order valence-electron chi connectivity index (χ1n) is 7.70. The number of hydrogen-bond acceptors (Lipinski definition) is 6. The number of carbonyl (C=O) groups excluding carboxylic acids is 3. The lowest BCUT2D eigenvalue weighted by atomic mass is 9.89. The van der Waals surface area contributed by atoms with Gasteiger partial charge in [-0.25, -0.2) is 0 Å². The Morgan fingerprint density at radius 3 is 2.32 bits per heavy atom. The van der Waals surface area contributed by atoms with Crippen LogP contribution in [0.1, 0.15) is 41.0 Å². The Bertz CT molecular complexity index is 629. The highest BCUT2D eigenvalue weighted by Crippen LogP contribution is 2.31. The number of nitrogens with one attached hydrogen (secondary N) is 1. The van der Waals surface area contributed by atoms with Crippen LogP contribution in [-0.2, 0) is 23.9 Å². The molecule has 0 bridgehead atoms. The highest BCUT2D eigenvalue weighted by atomic mass is 16.6. The second-order valence-electron chi connectivity index (χ2n) is 7.37. The number of carbonyl (C=O) groups is 4. The number of carboxylic acid groups (broad SMARTS) is 1. The number of aliphatic hydroxyl groups excluding tert-OH is 1. The van der Waals surface area contributed by atoms with E-state index in [0.717, 1.165) is 4.90 Å². The molecular weight excluding hydrogens is 332 g/mol. The predicted octanol–water partition coefficient (Wildman–Crippen LogP) is 0.352. The summed E-state index contributed by atoms with van der Waals surface area (Å²) in [5.41, 5.74) is -2.26. The van der Waals surface area contributed by atoms with Crippen LogP contribution in [-0.4, -0.2) is 63.1 Å². The standard InChI is InChI=1S/C16H24N2O7/c1-15(2,3)25-11(22)7-17-13(23)12-9(19)6-16(4,5)18(14(12)24)8-10(20)21/h19H,6-8H2,1-5H3,(H,17,23)(H,20,21). The zero-order valence-electron chi connectivity index (χ0n) is 15.0. The Hall–Kier alpha value is -2.58. The Kier molecular flexibility index (Phi) is 5.83. The van der Waals surface area contributed by atoms with Crippen molar-refractivity contribution in [1.82, 2.24) is 10.2 Å². The Balaban J connectivity index is 2.91. The number of aliphatic carboxylic acids is 1. The van der Waals surface area contributed by atoms with Gasteiger partial charge in [0.1, 0.15) is 30.0 Å². The molecule has 3 N–H and O–H groups in total. The first kappa shape index (κ1) is 20.5. The first-order valence-corrected chi connectivity index (χ1v) is 7.70. The summed E-state index contributed by atoms with van der Waals surface area (Å²) in [6, 6.07) is 0. The zero-order chi connectivity index (χ0) is 19.6. The first-order chi connectivity index (χ1) is 11.2. The van der Waals surface area contributed by atoms with Gasteiger partial charge in [-0.2, -0.15) is 0 Å². The summed E-state index contributed by atoms with van der Waals surface area (Å²) in [6.45, 7) is 7.07. The predicted molar refractivity (Wildman–Crippen MR) is 86.6 cm³/mol. The highest BCUT2D eigenvalue weighted by molar-refractivity contribution is 6.20. The van der Waals surface area contributed by atoms with E-state index in [0.29, 0.717) is 0 Å². The Morgan fingerprint density at radius 2 is 1.84 bits per heavy atom. The highest BCUT2D eigenvalue weighted by Gasteiger charge is 2.43. The van der Waals surface area contributed by atoms with Crippen LogP contribution in [0.4, 0.5) is 0 Å². The van der Waals surface area contributed by atoms with E-state index in [1.165, 1.54) is 0 Å². The number of nitrogens with zero attached hydrogens (tertiary/aromatic N) is 1. The maximum Gasteiger partial charge on any atom is 0.325 e. The van der Waals surface area contributed by atoms with E-state index in [9.17, 15) is 24.3 Å². The molecule has 0 spiro atoms. The van der Waals surface area contributed by atoms with Gasteiger partial charge in [0.25, 0.3) is 11.8 Å². The molecule has 140 valence electrons. The summed E-state index contributed by atoms with van der Waals surface area (Å²) >= 11 is 0. The maximum absolute atomic E-state index is 12.5. The fraction of sp³-hybridized carbons (Fsp3) is 0.625. The largest absolute Gasteiger partial charge is 0.511 e. The lowest BCUT2D eigenvalue weighted by Crippen LogP contribution is -2.55. The van der Waals surface area contributed by atoms with Gasteiger partial charge in [-0.15, -0.1) is 0 Å². The van der Waals surface area contributed by atoms with E-state index >= 15 is 0 Å². The minimum absolute atomic E-state index is 0.0821. The number of ether oxygens (including phenoxy) is 1. The molecule has 0 aromatic rings. The van der Waals surface area contributed by atoms with Crippen molar-refractivity contribution in [2.45, 2.75) is 52.2 Å². The molecule has 0 saturated carbocycles. The van der Waals surface area contributed by atoms with Crippen molar-refractivity contribution < 1.29 is 34.1 Å². The van der Waals surface area contributed by atoms with Gasteiger partial charge in [0.05, 0.1) is 0 Å². The van der Waals surface area contributed by atoms with Crippen LogP contribution in [0.3, 0.4) is 0 Å². The monoisotopic (exact) mass is 356 g/mol. The van der Waals surface area contributed by atoms with Gasteiger partial charge < -0.3 is 25.2 Å². The third-order valence-corrected chi connectivity index (χ3v) is 3.41. The summed E-state index contributed by atoms with van der Waals surface area (Å²) in [5.74, 6) is -4.25. The number of rotatable bonds is 5. The minimum Gasteiger partial charge on any atom is -0.511 e. The van der Waals surface area contributed by atoms with Gasteiger partial charge in [0.2, 0.25) is 0 Å². The fourth-order valence-electron chi connectivity index (χ4n) is 2.39. The van der Waals surface area contributed by atoms with Crippen LogP contribution in [0.15, 0.2) is 11.3 Å². The molecule has 9 nitrogen and oxygen atoms in total. The van der Waals surface area contributed by atoms with E-state index in [1.54, 1.807) is 34.6 Å². The molecule has 0 aliphatic carbocycles. The molecule has 1 aliphatic heterocycles. The summed E-state index contributed by atoms with van der Waals surface area (Å²) in [5, 5.41) is 21.2. The Labute approximate surface area is 145 Å². The number of carboxylic acids is 1. The molecule has 2 amide bonds. The molecule has 1 heterocycles. The normalized spacial score (nSPS) is 17.3. The molecule has 0 aromatic carbocycles. The van der Waals surface area contributed by atoms with E-state index in [1.807, 2.05) is 0 Å². The van der Waals surface area contributed by atoms with Crippen molar-refractivity contribution in [2.75, 3.05) is 13.1 Å². The Morgan fingerprint density at radius 1 is 1.28 bits per heavy atom. The van der Waals surface area contributed by atoms with Crippen LogP contribution < -0.4 is 5.32 Å². The molecule has 0 unspecified atom stereocenters. The van der Waals surface area contributed by atoms with E-state index in [2.05, 4.69) is 5.32 Å². The van der Waals surface area contributed by atoms with Gasteiger partial charge in [0, 0.05) is 12.0 Å². The molecule has 0 saturated heterocycles. The van der Waals surface area contributed by atoms with Crippen LogP contribution in [0.25, 0.3) is 0 Å². The van der Waals surface area contributed by atoms with Gasteiger partial charge in [-0.05, 0) is 34.6 Å². The van der Waals surface area contributed by atoms with Crippen molar-refractivity contribution in [3.63, 3.8) is 0 Å². The van der Waals surface area contributed by atoms with Crippen LogP contribution in [0, 0.1) is 0 Å². The van der Waals surface area contributed by atoms with Crippen LogP contribution >= 0.6 is 0 Å². The molecule has 0 atom stereocenters. The third kappa shape index (κ3) is 5.47. The van der Waals surface area contributed by atoms with E-state index in [4.69, 9.17) is 9.84 Å². The summed E-state index contributed by atoms with van der Waals surface area (Å²) in [4.78, 5) is 48.3. The second kappa shape index (κ2) is 7.12. The lowest BCUT2D eigenvalue weighted by Gasteiger charge is -2.41. The molecule has 25 heavy (non-hydrogen) atoms. The molecule has 0 radical (unpaired) electrons. The number of aliphatic hydroxyl groups is 1. The van der Waals surface area contributed by atoms with Gasteiger partial charge in [-0.3, -0.25) is 19.2 Å². The number of esters is 1. The number of amides is 2. The van der Waals surface area contributed by atoms with Crippen molar-refractivity contribution >= 4 is 23.8 Å². The molecular formula is C16H24N2O7. The average molecular weight is 356 g/mol. The molecule has 1 aliphatic rings. The fourth-order valence-corrected chi connectivity index (χ4v) is 2.39. The quantitative estimate of drug-likeness (QED) is 0.478. The van der Waals surface area contributed by atoms with E-state index in [-0.39, 0.29) is 6.42 Å². The van der Waals surface area contributed by atoms with Gasteiger partial charge in [-0.1, -0.05) is 0 Å². The van der Waals surface area contributed by atoms with Crippen molar-refractivity contribution in [3.05, 3.63) is 11.3 Å². The molecule has 0 aromatic heterocycles. The summed E-state index contributed by atoms with van der Waals surface area (Å²) in [6.07, 6.45) is -0.0821. The van der Waals surface area contributed by atoms with Crippen LogP contribution in [0.5, 0.6) is 0 Å². The van der Waals surface area contributed by atoms with Crippen molar-refractivity contribution in [3.8, 4) is 0 Å². The lowest BCUT2D eigenvalue weighted by molar-refractivity contribution is -0.154. The van der Waals surface area contributed by atoms with Crippen molar-refractivity contribution in [1.29, 1.82) is 0 Å².